The van der Waals surface area contributed by atoms with Crippen LogP contribution in [0, 0.1) is 0 Å². The van der Waals surface area contributed by atoms with Gasteiger partial charge in [-0.1, -0.05) is 41.6 Å². The van der Waals surface area contributed by atoms with Crippen molar-refractivity contribution >= 4 is 23.4 Å². The molecule has 122 valence electrons. The summed E-state index contributed by atoms with van der Waals surface area (Å²) in [6.45, 7) is 2.15. The Morgan fingerprint density at radius 3 is 2.71 bits per heavy atom. The van der Waals surface area contributed by atoms with E-state index in [0.717, 1.165) is 27.1 Å². The van der Waals surface area contributed by atoms with E-state index < -0.39 is 0 Å². The van der Waals surface area contributed by atoms with Gasteiger partial charge in [0.1, 0.15) is 0 Å². The number of benzene rings is 1. The van der Waals surface area contributed by atoms with Gasteiger partial charge in [-0.2, -0.15) is 0 Å². The van der Waals surface area contributed by atoms with Crippen LogP contribution in [0.4, 0.5) is 0 Å². The Balaban J connectivity index is 1.67. The fourth-order valence-corrected chi connectivity index (χ4v) is 4.19. The summed E-state index contributed by atoms with van der Waals surface area (Å²) < 4.78 is 2.26. The molecule has 0 radical (unpaired) electrons. The van der Waals surface area contributed by atoms with E-state index in [-0.39, 0.29) is 5.25 Å². The average Bonchev–Trinajstić information content (AvgIpc) is 3.36. The second kappa shape index (κ2) is 6.57. The topological polar surface area (TPSA) is 43.6 Å². The summed E-state index contributed by atoms with van der Waals surface area (Å²) in [6.07, 6.45) is 5.98. The van der Waals surface area contributed by atoms with Crippen LogP contribution in [0.1, 0.15) is 36.6 Å². The lowest BCUT2D eigenvalue weighted by atomic mass is 10.2. The van der Waals surface area contributed by atoms with E-state index in [4.69, 9.17) is 11.6 Å². The van der Waals surface area contributed by atoms with Gasteiger partial charge in [0.25, 0.3) is 0 Å². The van der Waals surface area contributed by atoms with Crippen LogP contribution < -0.4 is 0 Å². The molecular formula is C18H17ClN4S. The number of aromatic nitrogens is 4. The summed E-state index contributed by atoms with van der Waals surface area (Å²) in [5.74, 6) is 0.902. The highest BCUT2D eigenvalue weighted by Gasteiger charge is 2.31. The molecule has 0 amide bonds. The second-order valence-corrected chi connectivity index (χ2v) is 7.65. The van der Waals surface area contributed by atoms with E-state index >= 15 is 0 Å². The molecule has 2 heterocycles. The number of pyridine rings is 1. The van der Waals surface area contributed by atoms with Crippen molar-refractivity contribution in [3.63, 3.8) is 0 Å². The van der Waals surface area contributed by atoms with Gasteiger partial charge in [-0.3, -0.25) is 9.55 Å². The first kappa shape index (κ1) is 15.7. The fourth-order valence-electron chi connectivity index (χ4n) is 2.74. The first-order chi connectivity index (χ1) is 11.7. The van der Waals surface area contributed by atoms with E-state index in [2.05, 4.69) is 32.7 Å². The molecule has 6 heteroatoms. The van der Waals surface area contributed by atoms with Crippen LogP contribution in [0.25, 0.3) is 11.4 Å². The molecule has 24 heavy (non-hydrogen) atoms. The van der Waals surface area contributed by atoms with Gasteiger partial charge in [0.05, 0.1) is 0 Å². The highest BCUT2D eigenvalue weighted by atomic mass is 35.5. The Labute approximate surface area is 150 Å². The monoisotopic (exact) mass is 356 g/mol. The minimum absolute atomic E-state index is 0.210. The number of nitrogens with zero attached hydrogens (tertiary/aromatic N) is 4. The molecule has 1 unspecified atom stereocenters. The van der Waals surface area contributed by atoms with E-state index in [1.54, 1.807) is 18.0 Å². The van der Waals surface area contributed by atoms with Crippen molar-refractivity contribution in [2.24, 2.45) is 0 Å². The summed E-state index contributed by atoms with van der Waals surface area (Å²) in [6, 6.07) is 12.4. The molecule has 1 aromatic carbocycles. The number of hydrogen-bond acceptors (Lipinski definition) is 4. The molecule has 2 aromatic heterocycles. The first-order valence-electron chi connectivity index (χ1n) is 8.00. The molecule has 1 aliphatic rings. The highest BCUT2D eigenvalue weighted by Crippen LogP contribution is 2.44. The standard InChI is InChI=1S/C18H17ClN4S/c1-12(15-6-2-3-7-16(15)19)24-18-22-21-17(23(18)14-8-9-14)13-5-4-10-20-11-13/h2-7,10-12,14H,8-9H2,1H3. The Morgan fingerprint density at radius 2 is 2.00 bits per heavy atom. The van der Waals surface area contributed by atoms with Crippen LogP contribution in [0.3, 0.4) is 0 Å². The molecule has 0 N–H and O–H groups in total. The summed E-state index contributed by atoms with van der Waals surface area (Å²) >= 11 is 8.04. The highest BCUT2D eigenvalue weighted by molar-refractivity contribution is 7.99. The Hall–Kier alpha value is -1.85. The van der Waals surface area contributed by atoms with Gasteiger partial charge in [0, 0.05) is 34.3 Å². The molecule has 4 rings (SSSR count). The minimum Gasteiger partial charge on any atom is -0.299 e. The summed E-state index contributed by atoms with van der Waals surface area (Å²) in [5, 5.41) is 10.8. The number of rotatable bonds is 5. The van der Waals surface area contributed by atoms with Crippen molar-refractivity contribution in [2.45, 2.75) is 36.2 Å². The molecule has 1 atom stereocenters. The van der Waals surface area contributed by atoms with Crippen molar-refractivity contribution in [3.8, 4) is 11.4 Å². The predicted molar refractivity (Wildman–Crippen MR) is 97.2 cm³/mol. The minimum atomic E-state index is 0.210. The summed E-state index contributed by atoms with van der Waals surface area (Å²) in [5.41, 5.74) is 2.13. The van der Waals surface area contributed by atoms with Gasteiger partial charge in [0.2, 0.25) is 0 Å². The van der Waals surface area contributed by atoms with Crippen LogP contribution in [-0.2, 0) is 0 Å². The van der Waals surface area contributed by atoms with E-state index in [1.807, 2.05) is 36.5 Å². The first-order valence-corrected chi connectivity index (χ1v) is 9.26. The summed E-state index contributed by atoms with van der Waals surface area (Å²) in [4.78, 5) is 4.21. The maximum atomic E-state index is 6.34. The van der Waals surface area contributed by atoms with Crippen molar-refractivity contribution in [1.29, 1.82) is 0 Å². The molecule has 1 saturated carbocycles. The Kier molecular flexibility index (Phi) is 4.29. The van der Waals surface area contributed by atoms with Crippen molar-refractivity contribution in [2.75, 3.05) is 0 Å². The third kappa shape index (κ3) is 3.06. The normalized spacial score (nSPS) is 15.4. The molecular weight excluding hydrogens is 340 g/mol. The van der Waals surface area contributed by atoms with Crippen LogP contribution in [0.2, 0.25) is 5.02 Å². The molecule has 3 aromatic rings. The molecule has 1 aliphatic carbocycles. The Morgan fingerprint density at radius 1 is 1.17 bits per heavy atom. The maximum Gasteiger partial charge on any atom is 0.192 e. The molecule has 0 bridgehead atoms. The zero-order chi connectivity index (χ0) is 16.5. The van der Waals surface area contributed by atoms with Crippen LogP contribution >= 0.6 is 23.4 Å². The Bertz CT molecular complexity index is 845. The fraction of sp³-hybridized carbons (Fsp3) is 0.278. The zero-order valence-electron chi connectivity index (χ0n) is 13.3. The van der Waals surface area contributed by atoms with Crippen molar-refractivity contribution in [1.82, 2.24) is 19.7 Å². The van der Waals surface area contributed by atoms with Crippen molar-refractivity contribution < 1.29 is 0 Å². The van der Waals surface area contributed by atoms with Crippen LogP contribution in [0.5, 0.6) is 0 Å². The zero-order valence-corrected chi connectivity index (χ0v) is 14.8. The lowest BCUT2D eigenvalue weighted by Gasteiger charge is -2.14. The average molecular weight is 357 g/mol. The number of halogens is 1. The molecule has 4 nitrogen and oxygen atoms in total. The van der Waals surface area contributed by atoms with Gasteiger partial charge in [-0.15, -0.1) is 10.2 Å². The third-order valence-electron chi connectivity index (χ3n) is 4.12. The predicted octanol–water partition coefficient (Wildman–Crippen LogP) is 5.18. The van der Waals surface area contributed by atoms with Gasteiger partial charge >= 0.3 is 0 Å². The van der Waals surface area contributed by atoms with Gasteiger partial charge in [0.15, 0.2) is 11.0 Å². The van der Waals surface area contributed by atoms with E-state index in [0.29, 0.717) is 6.04 Å². The van der Waals surface area contributed by atoms with Gasteiger partial charge in [-0.05, 0) is 43.5 Å². The van der Waals surface area contributed by atoms with E-state index in [1.165, 1.54) is 12.8 Å². The maximum absolute atomic E-state index is 6.34. The van der Waals surface area contributed by atoms with Crippen LogP contribution in [-0.4, -0.2) is 19.7 Å². The lowest BCUT2D eigenvalue weighted by Crippen LogP contribution is -2.01. The molecule has 0 saturated heterocycles. The smallest absolute Gasteiger partial charge is 0.192 e. The van der Waals surface area contributed by atoms with E-state index in [9.17, 15) is 0 Å². The number of hydrogen-bond donors (Lipinski definition) is 0. The molecule has 0 spiro atoms. The second-order valence-electron chi connectivity index (χ2n) is 5.93. The molecule has 1 fully saturated rings. The number of thioether (sulfide) groups is 1. The molecule has 0 aliphatic heterocycles. The van der Waals surface area contributed by atoms with Gasteiger partial charge < -0.3 is 0 Å². The SMILES string of the molecule is CC(Sc1nnc(-c2cccnc2)n1C1CC1)c1ccccc1Cl. The summed E-state index contributed by atoms with van der Waals surface area (Å²) in [7, 11) is 0. The lowest BCUT2D eigenvalue weighted by molar-refractivity contribution is 0.667. The largest absolute Gasteiger partial charge is 0.299 e. The van der Waals surface area contributed by atoms with Gasteiger partial charge in [-0.25, -0.2) is 0 Å². The quantitative estimate of drug-likeness (QED) is 0.590. The van der Waals surface area contributed by atoms with Crippen LogP contribution in [0.15, 0.2) is 53.9 Å². The third-order valence-corrected chi connectivity index (χ3v) is 5.56. The van der Waals surface area contributed by atoms with Crippen molar-refractivity contribution in [3.05, 3.63) is 59.4 Å².